The number of carbonyl (C=O) groups is 3. The summed E-state index contributed by atoms with van der Waals surface area (Å²) < 4.78 is 9.89. The number of thioether (sulfide) groups is 1. The Morgan fingerprint density at radius 3 is 2.73 bits per heavy atom. The molecule has 0 saturated carbocycles. The van der Waals surface area contributed by atoms with Crippen molar-refractivity contribution in [3.05, 3.63) is 40.9 Å². The minimum Gasteiger partial charge on any atom is -0.466 e. The van der Waals surface area contributed by atoms with Crippen LogP contribution < -0.4 is 5.32 Å². The monoisotopic (exact) mass is 394 g/mol. The van der Waals surface area contributed by atoms with E-state index in [1.807, 2.05) is 18.4 Å². The van der Waals surface area contributed by atoms with Crippen LogP contribution in [-0.4, -0.2) is 42.3 Å². The molecular formula is C17H18N2O5S2. The van der Waals surface area contributed by atoms with Gasteiger partial charge in [-0.25, -0.2) is 9.78 Å². The number of benzene rings is 1. The van der Waals surface area contributed by atoms with Crippen molar-refractivity contribution in [2.24, 2.45) is 0 Å². The first-order valence-corrected chi connectivity index (χ1v) is 9.84. The number of ether oxygens (including phenoxy) is 2. The van der Waals surface area contributed by atoms with Gasteiger partial charge in [-0.2, -0.15) is 0 Å². The largest absolute Gasteiger partial charge is 0.466 e. The fraction of sp³-hybridized carbons (Fsp3) is 0.294. The molecular weight excluding hydrogens is 376 g/mol. The lowest BCUT2D eigenvalue weighted by Crippen LogP contribution is -2.21. The molecule has 138 valence electrons. The molecule has 0 bridgehead atoms. The molecule has 1 aromatic heterocycles. The molecule has 9 heteroatoms. The number of rotatable bonds is 8. The topological polar surface area (TPSA) is 94.6 Å². The second-order valence-corrected chi connectivity index (χ2v) is 6.66. The van der Waals surface area contributed by atoms with Crippen LogP contribution in [0.15, 0.2) is 34.5 Å². The molecule has 1 N–H and O–H groups in total. The molecule has 2 rings (SSSR count). The Balaban J connectivity index is 1.84. The van der Waals surface area contributed by atoms with Gasteiger partial charge in [0.25, 0.3) is 5.91 Å². The van der Waals surface area contributed by atoms with E-state index in [0.29, 0.717) is 23.0 Å². The van der Waals surface area contributed by atoms with Crippen molar-refractivity contribution in [3.8, 4) is 0 Å². The third kappa shape index (κ3) is 5.85. The molecule has 0 aliphatic heterocycles. The SMILES string of the molecule is CCOC(=O)Cc1csc(NC(=O)COC(=O)c2ccccc2SC)n1. The molecule has 0 saturated heterocycles. The highest BCUT2D eigenvalue weighted by Crippen LogP contribution is 2.20. The quantitative estimate of drug-likeness (QED) is 0.543. The molecule has 1 aromatic carbocycles. The van der Waals surface area contributed by atoms with Crippen molar-refractivity contribution < 1.29 is 23.9 Å². The first kappa shape index (κ1) is 19.9. The van der Waals surface area contributed by atoms with Crippen LogP contribution in [0.25, 0.3) is 0 Å². The summed E-state index contributed by atoms with van der Waals surface area (Å²) in [6.07, 6.45) is 1.90. The number of carbonyl (C=O) groups excluding carboxylic acids is 3. The molecule has 0 fully saturated rings. The van der Waals surface area contributed by atoms with Gasteiger partial charge in [0.1, 0.15) is 0 Å². The maximum absolute atomic E-state index is 12.1. The lowest BCUT2D eigenvalue weighted by atomic mass is 10.2. The molecule has 1 amide bonds. The Morgan fingerprint density at radius 1 is 1.23 bits per heavy atom. The number of amides is 1. The zero-order chi connectivity index (χ0) is 18.9. The Labute approximate surface area is 159 Å². The Hall–Kier alpha value is -2.39. The standard InChI is InChI=1S/C17H18N2O5S2/c1-3-23-15(21)8-11-10-26-17(18-11)19-14(20)9-24-16(22)12-6-4-5-7-13(12)25-2/h4-7,10H,3,8-9H2,1-2H3,(H,18,19,20). The number of thiazole rings is 1. The summed E-state index contributed by atoms with van der Waals surface area (Å²) in [4.78, 5) is 40.3. The van der Waals surface area contributed by atoms with Crippen LogP contribution in [0, 0.1) is 0 Å². The van der Waals surface area contributed by atoms with Crippen molar-refractivity contribution in [2.75, 3.05) is 24.8 Å². The van der Waals surface area contributed by atoms with Crippen LogP contribution in [0.1, 0.15) is 23.0 Å². The van der Waals surface area contributed by atoms with Crippen LogP contribution in [0.4, 0.5) is 5.13 Å². The molecule has 1 heterocycles. The Bertz CT molecular complexity index is 791. The predicted molar refractivity (Wildman–Crippen MR) is 99.6 cm³/mol. The maximum atomic E-state index is 12.1. The molecule has 2 aromatic rings. The average molecular weight is 394 g/mol. The number of nitrogens with zero attached hydrogens (tertiary/aromatic N) is 1. The fourth-order valence-corrected chi connectivity index (χ4v) is 3.30. The molecule has 26 heavy (non-hydrogen) atoms. The third-order valence-electron chi connectivity index (χ3n) is 3.09. The van der Waals surface area contributed by atoms with E-state index < -0.39 is 18.5 Å². The summed E-state index contributed by atoms with van der Waals surface area (Å²) in [7, 11) is 0. The zero-order valence-electron chi connectivity index (χ0n) is 14.3. The van der Waals surface area contributed by atoms with E-state index in [4.69, 9.17) is 9.47 Å². The van der Waals surface area contributed by atoms with Gasteiger partial charge in [-0.3, -0.25) is 14.9 Å². The first-order chi connectivity index (χ1) is 12.5. The van der Waals surface area contributed by atoms with Gasteiger partial charge in [-0.15, -0.1) is 23.1 Å². The average Bonchev–Trinajstić information content (AvgIpc) is 3.06. The smallest absolute Gasteiger partial charge is 0.339 e. The van der Waals surface area contributed by atoms with Crippen molar-refractivity contribution >= 4 is 46.1 Å². The molecule has 0 aliphatic carbocycles. The first-order valence-electron chi connectivity index (χ1n) is 7.73. The summed E-state index contributed by atoms with van der Waals surface area (Å²) in [6, 6.07) is 7.01. The third-order valence-corrected chi connectivity index (χ3v) is 4.69. The summed E-state index contributed by atoms with van der Waals surface area (Å²) in [5.74, 6) is -1.44. The van der Waals surface area contributed by atoms with Gasteiger partial charge in [-0.1, -0.05) is 12.1 Å². The normalized spacial score (nSPS) is 10.2. The number of aromatic nitrogens is 1. The van der Waals surface area contributed by atoms with E-state index in [1.165, 1.54) is 23.1 Å². The van der Waals surface area contributed by atoms with Crippen molar-refractivity contribution in [1.82, 2.24) is 4.98 Å². The second kappa shape index (κ2) is 9.93. The van der Waals surface area contributed by atoms with Gasteiger partial charge in [0.2, 0.25) is 0 Å². The van der Waals surface area contributed by atoms with Gasteiger partial charge in [-0.05, 0) is 25.3 Å². The molecule has 0 spiro atoms. The maximum Gasteiger partial charge on any atom is 0.339 e. The van der Waals surface area contributed by atoms with Crippen LogP contribution in [0.5, 0.6) is 0 Å². The summed E-state index contributed by atoms with van der Waals surface area (Å²) in [5.41, 5.74) is 0.924. The Morgan fingerprint density at radius 2 is 2.00 bits per heavy atom. The van der Waals surface area contributed by atoms with E-state index in [2.05, 4.69) is 10.3 Å². The highest BCUT2D eigenvalue weighted by atomic mass is 32.2. The molecule has 0 aliphatic rings. The predicted octanol–water partition coefficient (Wildman–Crippen LogP) is 2.77. The highest BCUT2D eigenvalue weighted by Gasteiger charge is 2.15. The van der Waals surface area contributed by atoms with E-state index in [9.17, 15) is 14.4 Å². The zero-order valence-corrected chi connectivity index (χ0v) is 15.9. The van der Waals surface area contributed by atoms with Crippen LogP contribution in [0.3, 0.4) is 0 Å². The summed E-state index contributed by atoms with van der Waals surface area (Å²) in [6.45, 7) is 1.61. The number of hydrogen-bond donors (Lipinski definition) is 1. The van der Waals surface area contributed by atoms with Gasteiger partial charge in [0.05, 0.1) is 24.3 Å². The van der Waals surface area contributed by atoms with Crippen molar-refractivity contribution in [1.29, 1.82) is 0 Å². The summed E-state index contributed by atoms with van der Waals surface area (Å²) in [5, 5.41) is 4.53. The lowest BCUT2D eigenvalue weighted by Gasteiger charge is -2.07. The van der Waals surface area contributed by atoms with Gasteiger partial charge >= 0.3 is 11.9 Å². The van der Waals surface area contributed by atoms with Gasteiger partial charge < -0.3 is 9.47 Å². The van der Waals surface area contributed by atoms with Crippen LogP contribution >= 0.6 is 23.1 Å². The van der Waals surface area contributed by atoms with E-state index >= 15 is 0 Å². The highest BCUT2D eigenvalue weighted by molar-refractivity contribution is 7.98. The lowest BCUT2D eigenvalue weighted by molar-refractivity contribution is -0.142. The number of hydrogen-bond acceptors (Lipinski definition) is 8. The van der Waals surface area contributed by atoms with Gasteiger partial charge in [0.15, 0.2) is 11.7 Å². The fourth-order valence-electron chi connectivity index (χ4n) is 1.98. The van der Waals surface area contributed by atoms with Crippen LogP contribution in [-0.2, 0) is 25.5 Å². The van der Waals surface area contributed by atoms with Crippen LogP contribution in [0.2, 0.25) is 0 Å². The van der Waals surface area contributed by atoms with Crippen molar-refractivity contribution in [3.63, 3.8) is 0 Å². The van der Waals surface area contributed by atoms with E-state index in [-0.39, 0.29) is 12.4 Å². The molecule has 0 radical (unpaired) electrons. The van der Waals surface area contributed by atoms with E-state index in [1.54, 1.807) is 24.4 Å². The molecule has 0 unspecified atom stereocenters. The minimum atomic E-state index is -0.563. The minimum absolute atomic E-state index is 0.0423. The van der Waals surface area contributed by atoms with Gasteiger partial charge in [0, 0.05) is 10.3 Å². The van der Waals surface area contributed by atoms with E-state index in [0.717, 1.165) is 4.90 Å². The molecule has 7 nitrogen and oxygen atoms in total. The number of esters is 2. The number of anilines is 1. The second-order valence-electron chi connectivity index (χ2n) is 4.95. The summed E-state index contributed by atoms with van der Waals surface area (Å²) >= 11 is 2.60. The van der Waals surface area contributed by atoms with Crippen molar-refractivity contribution in [2.45, 2.75) is 18.2 Å². The molecule has 0 atom stereocenters. The number of nitrogens with one attached hydrogen (secondary N) is 1. The Kier molecular flexibility index (Phi) is 7.61.